The third-order valence-corrected chi connectivity index (χ3v) is 4.90. The molecule has 3 aromatic heterocycles. The van der Waals surface area contributed by atoms with Crippen LogP contribution in [0.2, 0.25) is 0 Å². The van der Waals surface area contributed by atoms with E-state index in [1.54, 1.807) is 19.2 Å². The third-order valence-electron chi connectivity index (χ3n) is 4.90. The van der Waals surface area contributed by atoms with E-state index in [1.807, 2.05) is 0 Å². The van der Waals surface area contributed by atoms with Crippen LogP contribution in [0.5, 0.6) is 0 Å². The van der Waals surface area contributed by atoms with Gasteiger partial charge in [-0.15, -0.1) is 15.3 Å². The normalized spacial score (nSPS) is 17.7. The van der Waals surface area contributed by atoms with Gasteiger partial charge in [0.15, 0.2) is 5.65 Å². The highest BCUT2D eigenvalue weighted by molar-refractivity contribution is 5.45. The monoisotopic (exact) mass is 408 g/mol. The van der Waals surface area contributed by atoms with Gasteiger partial charge in [0.2, 0.25) is 0 Å². The number of hydrogen-bond donors (Lipinski definition) is 1. The van der Waals surface area contributed by atoms with E-state index in [9.17, 15) is 18.0 Å². The average molecular weight is 408 g/mol. The van der Waals surface area contributed by atoms with E-state index < -0.39 is 12.0 Å². The lowest BCUT2D eigenvalue weighted by Gasteiger charge is -2.36. The first-order valence-electron chi connectivity index (χ1n) is 9.17. The van der Waals surface area contributed by atoms with Gasteiger partial charge in [0.1, 0.15) is 11.6 Å². The second-order valence-electron chi connectivity index (χ2n) is 6.89. The number of nitrogens with zero attached hydrogens (tertiary/aromatic N) is 7. The Bertz CT molecular complexity index is 1080. The molecule has 0 aromatic carbocycles. The molecule has 1 fully saturated rings. The largest absolute Gasteiger partial charge is 0.453 e. The minimum Gasteiger partial charge on any atom is -0.367 e. The molecule has 1 N–H and O–H groups in total. The lowest BCUT2D eigenvalue weighted by atomic mass is 10.0. The van der Waals surface area contributed by atoms with E-state index in [0.717, 1.165) is 25.8 Å². The Hall–Kier alpha value is -3.18. The van der Waals surface area contributed by atoms with E-state index in [0.29, 0.717) is 22.7 Å². The molecule has 1 unspecified atom stereocenters. The standard InChI is InChI=1S/C17H19F3N8O/c1-26-15(29)8-7-14(25-26)27-9-3-2-4-11(27)10-21-12-5-6-13-22-23-16(17(18,19)20)28(13)24-12/h5-8,11H,2-4,9-10H2,1H3,(H,21,24). The average Bonchev–Trinajstić information content (AvgIpc) is 3.12. The van der Waals surface area contributed by atoms with Gasteiger partial charge in [-0.3, -0.25) is 4.79 Å². The van der Waals surface area contributed by atoms with Crippen LogP contribution < -0.4 is 15.8 Å². The fourth-order valence-electron chi connectivity index (χ4n) is 3.44. The first-order chi connectivity index (χ1) is 13.8. The van der Waals surface area contributed by atoms with Gasteiger partial charge < -0.3 is 10.2 Å². The van der Waals surface area contributed by atoms with Gasteiger partial charge in [-0.05, 0) is 37.5 Å². The SMILES string of the molecule is Cn1nc(N2CCCCC2CNc2ccc3nnc(C(F)(F)F)n3n2)ccc1=O. The van der Waals surface area contributed by atoms with Crippen LogP contribution in [-0.2, 0) is 13.2 Å². The number of nitrogens with one attached hydrogen (secondary N) is 1. The molecule has 29 heavy (non-hydrogen) atoms. The Morgan fingerprint density at radius 1 is 1.14 bits per heavy atom. The molecular weight excluding hydrogens is 389 g/mol. The van der Waals surface area contributed by atoms with E-state index in [-0.39, 0.29) is 17.2 Å². The maximum Gasteiger partial charge on any atom is 0.453 e. The van der Waals surface area contributed by atoms with Crippen molar-refractivity contribution in [2.75, 3.05) is 23.3 Å². The highest BCUT2D eigenvalue weighted by Gasteiger charge is 2.37. The van der Waals surface area contributed by atoms with Gasteiger partial charge in [-0.25, -0.2) is 4.68 Å². The zero-order valence-corrected chi connectivity index (χ0v) is 15.6. The number of rotatable bonds is 4. The summed E-state index contributed by atoms with van der Waals surface area (Å²) in [7, 11) is 1.60. The van der Waals surface area contributed by atoms with E-state index in [2.05, 4.69) is 30.6 Å². The maximum atomic E-state index is 13.0. The Morgan fingerprint density at radius 3 is 2.72 bits per heavy atom. The number of aryl methyl sites for hydroxylation is 1. The molecule has 4 rings (SSSR count). The topological polar surface area (TPSA) is 93.2 Å². The molecule has 9 nitrogen and oxygen atoms in total. The van der Waals surface area contributed by atoms with Crippen LogP contribution in [0.1, 0.15) is 25.1 Å². The molecule has 0 spiro atoms. The van der Waals surface area contributed by atoms with Crippen LogP contribution >= 0.6 is 0 Å². The lowest BCUT2D eigenvalue weighted by molar-refractivity contribution is -0.146. The Kier molecular flexibility index (Phi) is 4.84. The van der Waals surface area contributed by atoms with Gasteiger partial charge in [-0.2, -0.15) is 22.8 Å². The quantitative estimate of drug-likeness (QED) is 0.702. The maximum absolute atomic E-state index is 13.0. The summed E-state index contributed by atoms with van der Waals surface area (Å²) < 4.78 is 41.1. The zero-order chi connectivity index (χ0) is 20.6. The van der Waals surface area contributed by atoms with Gasteiger partial charge >= 0.3 is 6.18 Å². The highest BCUT2D eigenvalue weighted by Crippen LogP contribution is 2.28. The van der Waals surface area contributed by atoms with Gasteiger partial charge in [-0.1, -0.05) is 0 Å². The fourth-order valence-corrected chi connectivity index (χ4v) is 3.44. The van der Waals surface area contributed by atoms with Crippen molar-refractivity contribution >= 4 is 17.3 Å². The predicted octanol–water partition coefficient (Wildman–Crippen LogP) is 1.71. The molecule has 0 radical (unpaired) electrons. The molecule has 1 aliphatic heterocycles. The summed E-state index contributed by atoms with van der Waals surface area (Å²) in [5.41, 5.74) is -0.163. The molecule has 12 heteroatoms. The molecule has 3 aromatic rings. The van der Waals surface area contributed by atoms with Gasteiger partial charge in [0.05, 0.1) is 0 Å². The van der Waals surface area contributed by atoms with Crippen molar-refractivity contribution in [3.8, 4) is 0 Å². The van der Waals surface area contributed by atoms with Crippen LogP contribution in [-0.4, -0.2) is 48.7 Å². The van der Waals surface area contributed by atoms with Crippen molar-refractivity contribution in [1.82, 2.24) is 29.6 Å². The molecule has 0 saturated carbocycles. The van der Waals surface area contributed by atoms with Crippen molar-refractivity contribution in [3.05, 3.63) is 40.4 Å². The number of alkyl halides is 3. The van der Waals surface area contributed by atoms with Crippen molar-refractivity contribution < 1.29 is 13.2 Å². The summed E-state index contributed by atoms with van der Waals surface area (Å²) in [6.07, 6.45) is -1.72. The first-order valence-corrected chi connectivity index (χ1v) is 9.17. The second-order valence-corrected chi connectivity index (χ2v) is 6.89. The van der Waals surface area contributed by atoms with Gasteiger partial charge in [0, 0.05) is 32.2 Å². The molecule has 1 atom stereocenters. The third kappa shape index (κ3) is 3.87. The summed E-state index contributed by atoms with van der Waals surface area (Å²) >= 11 is 0. The number of hydrogen-bond acceptors (Lipinski definition) is 7. The van der Waals surface area contributed by atoms with Crippen LogP contribution in [0.25, 0.3) is 5.65 Å². The molecule has 1 aliphatic rings. The molecule has 1 saturated heterocycles. The lowest BCUT2D eigenvalue weighted by Crippen LogP contribution is -2.45. The number of halogens is 3. The minimum absolute atomic E-state index is 0.0246. The molecule has 0 amide bonds. The van der Waals surface area contributed by atoms with Gasteiger partial charge in [0.25, 0.3) is 11.4 Å². The Morgan fingerprint density at radius 2 is 1.97 bits per heavy atom. The van der Waals surface area contributed by atoms with Crippen LogP contribution in [0.4, 0.5) is 24.8 Å². The van der Waals surface area contributed by atoms with E-state index in [1.165, 1.54) is 16.8 Å². The fraction of sp³-hybridized carbons (Fsp3) is 0.471. The Labute approximate surface area is 163 Å². The van der Waals surface area contributed by atoms with Crippen molar-refractivity contribution in [2.24, 2.45) is 7.05 Å². The second kappa shape index (κ2) is 7.33. The van der Waals surface area contributed by atoms with Crippen molar-refractivity contribution in [2.45, 2.75) is 31.5 Å². The van der Waals surface area contributed by atoms with E-state index >= 15 is 0 Å². The molecule has 4 heterocycles. The van der Waals surface area contributed by atoms with Crippen LogP contribution in [0.3, 0.4) is 0 Å². The summed E-state index contributed by atoms with van der Waals surface area (Å²) in [5.74, 6) is -0.174. The van der Waals surface area contributed by atoms with Crippen LogP contribution in [0, 0.1) is 0 Å². The highest BCUT2D eigenvalue weighted by atomic mass is 19.4. The molecule has 0 bridgehead atoms. The summed E-state index contributed by atoms with van der Waals surface area (Å²) in [4.78, 5) is 13.7. The summed E-state index contributed by atoms with van der Waals surface area (Å²) in [5, 5.41) is 18.1. The summed E-state index contributed by atoms with van der Waals surface area (Å²) in [6, 6.07) is 6.24. The minimum atomic E-state index is -4.64. The molecule has 154 valence electrons. The summed E-state index contributed by atoms with van der Waals surface area (Å²) in [6.45, 7) is 1.25. The number of aromatic nitrogens is 6. The number of fused-ring (bicyclic) bond motifs is 1. The number of anilines is 2. The van der Waals surface area contributed by atoms with E-state index in [4.69, 9.17) is 0 Å². The zero-order valence-electron chi connectivity index (χ0n) is 15.6. The van der Waals surface area contributed by atoms with Crippen LogP contribution in [0.15, 0.2) is 29.1 Å². The van der Waals surface area contributed by atoms with Crippen molar-refractivity contribution in [3.63, 3.8) is 0 Å². The first kappa shape index (κ1) is 19.2. The Balaban J connectivity index is 1.53. The molecule has 0 aliphatic carbocycles. The predicted molar refractivity (Wildman–Crippen MR) is 98.7 cm³/mol. The smallest absolute Gasteiger partial charge is 0.367 e. The van der Waals surface area contributed by atoms with Crippen molar-refractivity contribution in [1.29, 1.82) is 0 Å². The molecular formula is C17H19F3N8O. The number of piperidine rings is 1.